The minimum absolute atomic E-state index is 0.266. The van der Waals surface area contributed by atoms with Crippen molar-refractivity contribution in [1.82, 2.24) is 0 Å². The van der Waals surface area contributed by atoms with Crippen LogP contribution in [0.15, 0.2) is 41.6 Å². The monoisotopic (exact) mass is 279 g/mol. The van der Waals surface area contributed by atoms with Crippen LogP contribution in [-0.4, -0.2) is 0 Å². The highest BCUT2D eigenvalue weighted by atomic mass is 35.5. The Morgan fingerprint density at radius 3 is 2.17 bits per heavy atom. The molecule has 0 aliphatic heterocycles. The van der Waals surface area contributed by atoms with Gasteiger partial charge >= 0.3 is 0 Å². The SMILES string of the molecule is Cc1ccc(Cc2ccc(N=O)c(Cl)c2)cc1Cl. The number of aryl methyl sites for hydroxylation is 1. The number of nitrogens with zero attached hydrogens (tertiary/aromatic N) is 1. The molecule has 92 valence electrons. The summed E-state index contributed by atoms with van der Waals surface area (Å²) >= 11 is 12.0. The van der Waals surface area contributed by atoms with E-state index < -0.39 is 0 Å². The highest BCUT2D eigenvalue weighted by Gasteiger charge is 2.04. The van der Waals surface area contributed by atoms with E-state index in [4.69, 9.17) is 23.2 Å². The van der Waals surface area contributed by atoms with Crippen molar-refractivity contribution in [2.75, 3.05) is 0 Å². The fraction of sp³-hybridized carbons (Fsp3) is 0.143. The largest absolute Gasteiger partial charge is 0.145 e. The van der Waals surface area contributed by atoms with Crippen LogP contribution < -0.4 is 0 Å². The van der Waals surface area contributed by atoms with E-state index in [9.17, 15) is 4.91 Å². The summed E-state index contributed by atoms with van der Waals surface area (Å²) in [6.07, 6.45) is 0.721. The second-order valence-electron chi connectivity index (χ2n) is 4.14. The van der Waals surface area contributed by atoms with Gasteiger partial charge in [0.1, 0.15) is 5.69 Å². The number of nitroso groups, excluding NO2 is 1. The van der Waals surface area contributed by atoms with Crippen molar-refractivity contribution < 1.29 is 0 Å². The number of halogens is 2. The zero-order valence-electron chi connectivity index (χ0n) is 9.78. The first-order valence-corrected chi connectivity index (χ1v) is 6.22. The Labute approximate surface area is 116 Å². The van der Waals surface area contributed by atoms with E-state index in [2.05, 4.69) is 5.18 Å². The van der Waals surface area contributed by atoms with Gasteiger partial charge in [-0.2, -0.15) is 0 Å². The highest BCUT2D eigenvalue weighted by Crippen LogP contribution is 2.27. The van der Waals surface area contributed by atoms with Crippen molar-refractivity contribution in [2.45, 2.75) is 13.3 Å². The second kappa shape index (κ2) is 5.51. The van der Waals surface area contributed by atoms with Crippen LogP contribution in [-0.2, 0) is 6.42 Å². The first-order chi connectivity index (χ1) is 8.60. The molecule has 0 heterocycles. The lowest BCUT2D eigenvalue weighted by atomic mass is 10.0. The Morgan fingerprint density at radius 2 is 1.61 bits per heavy atom. The third-order valence-electron chi connectivity index (χ3n) is 2.75. The summed E-state index contributed by atoms with van der Waals surface area (Å²) < 4.78 is 0. The van der Waals surface area contributed by atoms with E-state index in [1.165, 1.54) is 0 Å². The molecule has 0 saturated heterocycles. The van der Waals surface area contributed by atoms with Crippen molar-refractivity contribution in [2.24, 2.45) is 5.18 Å². The molecular formula is C14H11Cl2NO. The molecule has 2 rings (SSSR count). The molecule has 0 amide bonds. The average molecular weight is 280 g/mol. The molecule has 0 atom stereocenters. The summed E-state index contributed by atoms with van der Waals surface area (Å²) in [7, 11) is 0. The molecule has 0 fully saturated rings. The maximum absolute atomic E-state index is 10.4. The first kappa shape index (κ1) is 13.1. The van der Waals surface area contributed by atoms with E-state index >= 15 is 0 Å². The molecular weight excluding hydrogens is 269 g/mol. The zero-order chi connectivity index (χ0) is 13.1. The van der Waals surface area contributed by atoms with Gasteiger partial charge < -0.3 is 0 Å². The molecule has 0 saturated carbocycles. The van der Waals surface area contributed by atoms with Crippen molar-refractivity contribution in [3.63, 3.8) is 0 Å². The summed E-state index contributed by atoms with van der Waals surface area (Å²) in [4.78, 5) is 10.4. The molecule has 2 aromatic rings. The lowest BCUT2D eigenvalue weighted by molar-refractivity contribution is 1.18. The van der Waals surface area contributed by atoms with Crippen LogP contribution in [0.4, 0.5) is 5.69 Å². The minimum Gasteiger partial charge on any atom is -0.145 e. The maximum Gasteiger partial charge on any atom is 0.126 e. The quantitative estimate of drug-likeness (QED) is 0.702. The van der Waals surface area contributed by atoms with E-state index in [0.717, 1.165) is 28.1 Å². The molecule has 0 radical (unpaired) electrons. The Kier molecular flexibility index (Phi) is 4.00. The highest BCUT2D eigenvalue weighted by molar-refractivity contribution is 6.33. The van der Waals surface area contributed by atoms with Crippen molar-refractivity contribution in [3.05, 3.63) is 68.0 Å². The van der Waals surface area contributed by atoms with Gasteiger partial charge in [-0.3, -0.25) is 0 Å². The predicted octanol–water partition coefficient (Wildman–Crippen LogP) is 5.29. The van der Waals surface area contributed by atoms with Gasteiger partial charge in [0.2, 0.25) is 0 Å². The number of hydrogen-bond donors (Lipinski definition) is 0. The lowest BCUT2D eigenvalue weighted by Gasteiger charge is -2.05. The van der Waals surface area contributed by atoms with Gasteiger partial charge in [-0.15, -0.1) is 4.91 Å². The van der Waals surface area contributed by atoms with Crippen molar-refractivity contribution in [1.29, 1.82) is 0 Å². The number of rotatable bonds is 3. The molecule has 0 bridgehead atoms. The topological polar surface area (TPSA) is 29.4 Å². The van der Waals surface area contributed by atoms with Gasteiger partial charge in [-0.1, -0.05) is 41.4 Å². The van der Waals surface area contributed by atoms with Crippen LogP contribution in [0.1, 0.15) is 16.7 Å². The van der Waals surface area contributed by atoms with Crippen molar-refractivity contribution >= 4 is 28.9 Å². The van der Waals surface area contributed by atoms with E-state index in [1.807, 2.05) is 31.2 Å². The molecule has 2 nitrogen and oxygen atoms in total. The van der Waals surface area contributed by atoms with Gasteiger partial charge in [-0.25, -0.2) is 0 Å². The van der Waals surface area contributed by atoms with E-state index in [-0.39, 0.29) is 5.69 Å². The third-order valence-corrected chi connectivity index (χ3v) is 3.46. The van der Waals surface area contributed by atoms with Crippen molar-refractivity contribution in [3.8, 4) is 0 Å². The van der Waals surface area contributed by atoms with Gasteiger partial charge in [0, 0.05) is 5.02 Å². The fourth-order valence-corrected chi connectivity index (χ4v) is 2.16. The van der Waals surface area contributed by atoms with E-state index in [0.29, 0.717) is 5.02 Å². The number of hydrogen-bond acceptors (Lipinski definition) is 2. The lowest BCUT2D eigenvalue weighted by Crippen LogP contribution is -1.89. The summed E-state index contributed by atoms with van der Waals surface area (Å²) in [6.45, 7) is 1.97. The molecule has 4 heteroatoms. The smallest absolute Gasteiger partial charge is 0.126 e. The Morgan fingerprint density at radius 1 is 1.00 bits per heavy atom. The molecule has 0 spiro atoms. The molecule has 0 N–H and O–H groups in total. The predicted molar refractivity (Wildman–Crippen MR) is 75.9 cm³/mol. The van der Waals surface area contributed by atoms with Crippen LogP contribution in [0.3, 0.4) is 0 Å². The standard InChI is InChI=1S/C14H11Cl2NO/c1-9-2-3-10(7-12(9)15)6-11-4-5-14(17-18)13(16)8-11/h2-5,7-8H,6H2,1H3. The fourth-order valence-electron chi connectivity index (χ4n) is 1.72. The molecule has 0 aromatic heterocycles. The van der Waals surface area contributed by atoms with Crippen LogP contribution in [0.25, 0.3) is 0 Å². The van der Waals surface area contributed by atoms with Gasteiger partial charge in [-0.05, 0) is 53.4 Å². The van der Waals surface area contributed by atoms with Crippen LogP contribution in [0, 0.1) is 11.8 Å². The Hall–Kier alpha value is -1.38. The zero-order valence-corrected chi connectivity index (χ0v) is 11.3. The summed E-state index contributed by atoms with van der Waals surface area (Å²) in [6, 6.07) is 11.2. The van der Waals surface area contributed by atoms with E-state index in [1.54, 1.807) is 12.1 Å². The normalized spacial score (nSPS) is 10.4. The maximum atomic E-state index is 10.4. The van der Waals surface area contributed by atoms with Crippen LogP contribution in [0.2, 0.25) is 10.0 Å². The molecule has 0 aliphatic carbocycles. The Bertz CT molecular complexity index is 596. The Balaban J connectivity index is 2.25. The molecule has 0 aliphatic rings. The van der Waals surface area contributed by atoms with Gasteiger partial charge in [0.15, 0.2) is 0 Å². The minimum atomic E-state index is 0.266. The van der Waals surface area contributed by atoms with Crippen LogP contribution in [0.5, 0.6) is 0 Å². The second-order valence-corrected chi connectivity index (χ2v) is 4.95. The number of benzene rings is 2. The molecule has 2 aromatic carbocycles. The summed E-state index contributed by atoms with van der Waals surface area (Å²) in [5.74, 6) is 0. The summed E-state index contributed by atoms with van der Waals surface area (Å²) in [5, 5.41) is 3.97. The molecule has 18 heavy (non-hydrogen) atoms. The van der Waals surface area contributed by atoms with Crippen LogP contribution >= 0.6 is 23.2 Å². The average Bonchev–Trinajstić information content (AvgIpc) is 2.34. The molecule has 0 unspecified atom stereocenters. The van der Waals surface area contributed by atoms with Gasteiger partial charge in [0.05, 0.1) is 5.02 Å². The third kappa shape index (κ3) is 2.89. The van der Waals surface area contributed by atoms with Gasteiger partial charge in [0.25, 0.3) is 0 Å². The first-order valence-electron chi connectivity index (χ1n) is 5.47. The summed E-state index contributed by atoms with van der Waals surface area (Å²) in [5.41, 5.74) is 3.45.